The van der Waals surface area contributed by atoms with Crippen LogP contribution in [0.2, 0.25) is 0 Å². The fourth-order valence-electron chi connectivity index (χ4n) is 3.46. The Hall–Kier alpha value is -1.76. The highest BCUT2D eigenvalue weighted by atomic mass is 16.8. The number of hydrogen-bond acceptors (Lipinski definition) is 5. The molecule has 124 valence electrons. The van der Waals surface area contributed by atoms with Gasteiger partial charge in [0.2, 0.25) is 0 Å². The van der Waals surface area contributed by atoms with Crippen molar-refractivity contribution in [1.29, 1.82) is 0 Å². The van der Waals surface area contributed by atoms with Crippen LogP contribution in [0.25, 0.3) is 0 Å². The molecule has 5 heteroatoms. The van der Waals surface area contributed by atoms with Crippen LogP contribution in [0, 0.1) is 0 Å². The minimum Gasteiger partial charge on any atom is -0.346 e. The topological polar surface area (TPSA) is 46.2 Å². The second-order valence-corrected chi connectivity index (χ2v) is 6.20. The Balaban J connectivity index is 1.33. The summed E-state index contributed by atoms with van der Waals surface area (Å²) in [6.45, 7) is 0.472. The van der Waals surface area contributed by atoms with Crippen molar-refractivity contribution in [2.45, 2.75) is 37.2 Å². The molecule has 3 aliphatic heterocycles. The zero-order valence-corrected chi connectivity index (χ0v) is 13.0. The number of rotatable bonds is 2. The van der Waals surface area contributed by atoms with Crippen molar-refractivity contribution in [3.8, 4) is 0 Å². The first-order chi connectivity index (χ1) is 11.9. The summed E-state index contributed by atoms with van der Waals surface area (Å²) in [5.41, 5.74) is 1.98. The summed E-state index contributed by atoms with van der Waals surface area (Å²) in [7, 11) is 0. The molecular formula is C19H18O5. The maximum atomic E-state index is 6.14. The third-order valence-corrected chi connectivity index (χ3v) is 4.64. The maximum Gasteiger partial charge on any atom is 0.190 e. The van der Waals surface area contributed by atoms with E-state index in [0.29, 0.717) is 6.61 Å². The quantitative estimate of drug-likeness (QED) is 0.849. The number of fused-ring (bicyclic) bond motifs is 3. The summed E-state index contributed by atoms with van der Waals surface area (Å²) in [5.74, 6) is 0. The summed E-state index contributed by atoms with van der Waals surface area (Å²) in [4.78, 5) is 0. The van der Waals surface area contributed by atoms with Crippen molar-refractivity contribution in [3.63, 3.8) is 0 Å². The third kappa shape index (κ3) is 2.46. The van der Waals surface area contributed by atoms with E-state index in [0.717, 1.165) is 11.1 Å². The summed E-state index contributed by atoms with van der Waals surface area (Å²) >= 11 is 0. The average molecular weight is 326 g/mol. The molecule has 3 aliphatic rings. The van der Waals surface area contributed by atoms with Gasteiger partial charge in [0, 0.05) is 11.1 Å². The van der Waals surface area contributed by atoms with E-state index in [1.807, 2.05) is 60.7 Å². The molecule has 5 nitrogen and oxygen atoms in total. The highest BCUT2D eigenvalue weighted by molar-refractivity contribution is 5.18. The highest BCUT2D eigenvalue weighted by Gasteiger charge is 2.55. The molecule has 24 heavy (non-hydrogen) atoms. The molecule has 3 fully saturated rings. The Labute approximate surface area is 140 Å². The van der Waals surface area contributed by atoms with Gasteiger partial charge >= 0.3 is 0 Å². The lowest BCUT2D eigenvalue weighted by molar-refractivity contribution is -0.273. The number of benzene rings is 2. The molecule has 2 aromatic rings. The van der Waals surface area contributed by atoms with Gasteiger partial charge < -0.3 is 23.7 Å². The Morgan fingerprint density at radius 1 is 0.625 bits per heavy atom. The van der Waals surface area contributed by atoms with Gasteiger partial charge in [0.15, 0.2) is 18.9 Å². The Morgan fingerprint density at radius 2 is 1.25 bits per heavy atom. The van der Waals surface area contributed by atoms with Crippen molar-refractivity contribution in [1.82, 2.24) is 0 Å². The molecule has 0 aromatic heterocycles. The zero-order chi connectivity index (χ0) is 15.9. The summed E-state index contributed by atoms with van der Waals surface area (Å²) in [5, 5.41) is 0. The first-order valence-corrected chi connectivity index (χ1v) is 8.22. The van der Waals surface area contributed by atoms with Crippen LogP contribution >= 0.6 is 0 Å². The minimum absolute atomic E-state index is 0.156. The van der Waals surface area contributed by atoms with Gasteiger partial charge in [0.1, 0.15) is 18.3 Å². The SMILES string of the molecule is c1ccc([C@H]2OC[C@@H]3O[C@@H]4O[C@H](c5ccccc5)O[C@@H]4[C@H]3O2)cc1. The van der Waals surface area contributed by atoms with Crippen LogP contribution in [-0.4, -0.2) is 31.2 Å². The van der Waals surface area contributed by atoms with Crippen molar-refractivity contribution >= 4 is 0 Å². The maximum absolute atomic E-state index is 6.14. The largest absolute Gasteiger partial charge is 0.346 e. The Kier molecular flexibility index (Phi) is 3.61. The first kappa shape index (κ1) is 14.6. The fourth-order valence-corrected chi connectivity index (χ4v) is 3.46. The van der Waals surface area contributed by atoms with Gasteiger partial charge in [-0.15, -0.1) is 0 Å². The minimum atomic E-state index is -0.414. The van der Waals surface area contributed by atoms with Crippen LogP contribution in [0.3, 0.4) is 0 Å². The van der Waals surface area contributed by atoms with Crippen molar-refractivity contribution in [2.75, 3.05) is 6.61 Å². The second kappa shape index (κ2) is 5.95. The van der Waals surface area contributed by atoms with E-state index >= 15 is 0 Å². The molecule has 0 radical (unpaired) electrons. The van der Waals surface area contributed by atoms with Crippen LogP contribution in [0.1, 0.15) is 23.7 Å². The lowest BCUT2D eigenvalue weighted by Crippen LogP contribution is -2.43. The van der Waals surface area contributed by atoms with E-state index < -0.39 is 18.9 Å². The standard InChI is InChI=1S/C19H18O5/c1-3-7-12(8-4-1)17-20-11-14-15(22-17)16-19(21-14)24-18(23-16)13-9-5-2-6-10-13/h1-10,14-19H,11H2/t14-,15-,16+,17-,18+,19+/m0/s1. The predicted octanol–water partition coefficient (Wildman–Crippen LogP) is 2.94. The van der Waals surface area contributed by atoms with Crippen molar-refractivity contribution in [2.24, 2.45) is 0 Å². The van der Waals surface area contributed by atoms with E-state index in [1.165, 1.54) is 0 Å². The van der Waals surface area contributed by atoms with Gasteiger partial charge in [-0.3, -0.25) is 0 Å². The molecule has 0 saturated carbocycles. The van der Waals surface area contributed by atoms with Gasteiger partial charge in [0.05, 0.1) is 6.61 Å². The monoisotopic (exact) mass is 326 g/mol. The van der Waals surface area contributed by atoms with Crippen LogP contribution in [-0.2, 0) is 23.7 Å². The molecule has 0 amide bonds. The summed E-state index contributed by atoms with van der Waals surface area (Å²) in [6.07, 6.45) is -1.81. The highest BCUT2D eigenvalue weighted by Crippen LogP contribution is 2.43. The fraction of sp³-hybridized carbons (Fsp3) is 0.368. The predicted molar refractivity (Wildman–Crippen MR) is 83.8 cm³/mol. The molecule has 5 rings (SSSR count). The molecule has 0 N–H and O–H groups in total. The van der Waals surface area contributed by atoms with Crippen LogP contribution in [0.5, 0.6) is 0 Å². The molecule has 0 spiro atoms. The summed E-state index contributed by atoms with van der Waals surface area (Å²) < 4.78 is 29.9. The summed E-state index contributed by atoms with van der Waals surface area (Å²) in [6, 6.07) is 19.8. The van der Waals surface area contributed by atoms with E-state index in [9.17, 15) is 0 Å². The van der Waals surface area contributed by atoms with E-state index in [2.05, 4.69) is 0 Å². The molecule has 3 saturated heterocycles. The van der Waals surface area contributed by atoms with E-state index in [-0.39, 0.29) is 18.3 Å². The molecule has 6 atom stereocenters. The lowest BCUT2D eigenvalue weighted by Gasteiger charge is -2.33. The molecule has 0 aliphatic carbocycles. The van der Waals surface area contributed by atoms with Gasteiger partial charge in [-0.05, 0) is 0 Å². The molecule has 0 bridgehead atoms. The smallest absolute Gasteiger partial charge is 0.190 e. The van der Waals surface area contributed by atoms with Crippen LogP contribution in [0.4, 0.5) is 0 Å². The van der Waals surface area contributed by atoms with E-state index in [4.69, 9.17) is 23.7 Å². The van der Waals surface area contributed by atoms with Gasteiger partial charge in [-0.25, -0.2) is 0 Å². The van der Waals surface area contributed by atoms with Gasteiger partial charge in [-0.1, -0.05) is 60.7 Å². The number of hydrogen-bond donors (Lipinski definition) is 0. The van der Waals surface area contributed by atoms with Gasteiger partial charge in [0.25, 0.3) is 0 Å². The molecular weight excluding hydrogens is 308 g/mol. The van der Waals surface area contributed by atoms with Crippen molar-refractivity contribution < 1.29 is 23.7 Å². The van der Waals surface area contributed by atoms with E-state index in [1.54, 1.807) is 0 Å². The lowest BCUT2D eigenvalue weighted by atomic mass is 10.1. The Bertz CT molecular complexity index is 691. The normalized spacial score (nSPS) is 37.8. The average Bonchev–Trinajstić information content (AvgIpc) is 3.21. The van der Waals surface area contributed by atoms with Crippen LogP contribution in [0.15, 0.2) is 60.7 Å². The van der Waals surface area contributed by atoms with Crippen molar-refractivity contribution in [3.05, 3.63) is 71.8 Å². The molecule has 0 unspecified atom stereocenters. The first-order valence-electron chi connectivity index (χ1n) is 8.22. The molecule has 2 aromatic carbocycles. The second-order valence-electron chi connectivity index (χ2n) is 6.20. The third-order valence-electron chi connectivity index (χ3n) is 4.64. The molecule has 3 heterocycles. The van der Waals surface area contributed by atoms with Gasteiger partial charge in [-0.2, -0.15) is 0 Å². The number of ether oxygens (including phenoxy) is 5. The Morgan fingerprint density at radius 3 is 1.96 bits per heavy atom. The van der Waals surface area contributed by atoms with Crippen LogP contribution < -0.4 is 0 Å². The zero-order valence-electron chi connectivity index (χ0n) is 13.0.